The highest BCUT2D eigenvalue weighted by Gasteiger charge is 2.04. The van der Waals surface area contributed by atoms with Crippen molar-refractivity contribution in [1.29, 1.82) is 0 Å². The number of hydrogen-bond donors (Lipinski definition) is 2. The topological polar surface area (TPSA) is 41.3 Å². The van der Waals surface area contributed by atoms with Crippen LogP contribution in [0.1, 0.15) is 26.7 Å². The summed E-state index contributed by atoms with van der Waals surface area (Å²) in [5.41, 5.74) is 7.44. The van der Waals surface area contributed by atoms with Crippen LogP contribution in [-0.2, 0) is 0 Å². The number of nitrogen functional groups attached to an aromatic ring is 1. The standard InChI is InChI=1S/C14H24ClN3/c1-11(2)18(3)10-5-4-9-17-14-12(15)7-6-8-13(14)16/h6-8,11,17H,4-5,9-10,16H2,1-3H3. The molecule has 0 atom stereocenters. The van der Waals surface area contributed by atoms with Gasteiger partial charge < -0.3 is 16.0 Å². The van der Waals surface area contributed by atoms with Crippen molar-refractivity contribution < 1.29 is 0 Å². The van der Waals surface area contributed by atoms with Crippen molar-refractivity contribution >= 4 is 23.0 Å². The molecule has 1 aromatic rings. The highest BCUT2D eigenvalue weighted by atomic mass is 35.5. The molecule has 1 rings (SSSR count). The molecule has 18 heavy (non-hydrogen) atoms. The van der Waals surface area contributed by atoms with Gasteiger partial charge in [0.15, 0.2) is 0 Å². The summed E-state index contributed by atoms with van der Waals surface area (Å²) in [6.45, 7) is 6.45. The fraction of sp³-hybridized carbons (Fsp3) is 0.571. The summed E-state index contributed by atoms with van der Waals surface area (Å²) in [4.78, 5) is 2.35. The number of para-hydroxylation sites is 1. The summed E-state index contributed by atoms with van der Waals surface area (Å²) >= 11 is 6.08. The number of nitrogens with two attached hydrogens (primary N) is 1. The predicted molar refractivity (Wildman–Crippen MR) is 81.4 cm³/mol. The van der Waals surface area contributed by atoms with Gasteiger partial charge in [-0.25, -0.2) is 0 Å². The Morgan fingerprint density at radius 1 is 1.33 bits per heavy atom. The fourth-order valence-electron chi connectivity index (χ4n) is 1.69. The Kier molecular flexibility index (Phi) is 6.30. The summed E-state index contributed by atoms with van der Waals surface area (Å²) in [6, 6.07) is 6.19. The van der Waals surface area contributed by atoms with E-state index in [0.29, 0.717) is 16.8 Å². The lowest BCUT2D eigenvalue weighted by Gasteiger charge is -2.20. The van der Waals surface area contributed by atoms with Crippen LogP contribution >= 0.6 is 11.6 Å². The van der Waals surface area contributed by atoms with E-state index in [0.717, 1.165) is 25.2 Å². The number of unbranched alkanes of at least 4 members (excludes halogenated alkanes) is 1. The van der Waals surface area contributed by atoms with Gasteiger partial charge in [0.25, 0.3) is 0 Å². The molecule has 0 unspecified atom stereocenters. The lowest BCUT2D eigenvalue weighted by Crippen LogP contribution is -2.27. The molecule has 0 radical (unpaired) electrons. The molecule has 3 nitrogen and oxygen atoms in total. The van der Waals surface area contributed by atoms with Gasteiger partial charge in [-0.1, -0.05) is 17.7 Å². The average Bonchev–Trinajstić information content (AvgIpc) is 2.31. The molecule has 0 saturated heterocycles. The van der Waals surface area contributed by atoms with Gasteiger partial charge >= 0.3 is 0 Å². The zero-order chi connectivity index (χ0) is 13.5. The Morgan fingerprint density at radius 3 is 2.67 bits per heavy atom. The van der Waals surface area contributed by atoms with Crippen LogP contribution in [0.25, 0.3) is 0 Å². The molecule has 0 fully saturated rings. The minimum atomic E-state index is 0.608. The molecule has 0 bridgehead atoms. The Labute approximate surface area is 115 Å². The number of benzene rings is 1. The monoisotopic (exact) mass is 269 g/mol. The number of rotatable bonds is 7. The van der Waals surface area contributed by atoms with E-state index < -0.39 is 0 Å². The van der Waals surface area contributed by atoms with Crippen molar-refractivity contribution in [2.45, 2.75) is 32.7 Å². The molecule has 3 N–H and O–H groups in total. The quantitative estimate of drug-likeness (QED) is 0.588. The van der Waals surface area contributed by atoms with Crippen molar-refractivity contribution in [3.63, 3.8) is 0 Å². The molecule has 4 heteroatoms. The third kappa shape index (κ3) is 4.75. The van der Waals surface area contributed by atoms with E-state index in [9.17, 15) is 0 Å². The lowest BCUT2D eigenvalue weighted by molar-refractivity contribution is 0.269. The smallest absolute Gasteiger partial charge is 0.0763 e. The van der Waals surface area contributed by atoms with Gasteiger partial charge in [-0.15, -0.1) is 0 Å². The maximum atomic E-state index is 6.08. The van der Waals surface area contributed by atoms with Gasteiger partial charge in [-0.3, -0.25) is 0 Å². The average molecular weight is 270 g/mol. The first-order valence-electron chi connectivity index (χ1n) is 6.50. The van der Waals surface area contributed by atoms with Crippen LogP contribution in [0.4, 0.5) is 11.4 Å². The van der Waals surface area contributed by atoms with Gasteiger partial charge in [0.2, 0.25) is 0 Å². The van der Waals surface area contributed by atoms with Gasteiger partial charge in [-0.2, -0.15) is 0 Å². The van der Waals surface area contributed by atoms with Crippen molar-refractivity contribution in [2.75, 3.05) is 31.2 Å². The second-order valence-electron chi connectivity index (χ2n) is 4.91. The number of nitrogens with one attached hydrogen (secondary N) is 1. The van der Waals surface area contributed by atoms with Crippen LogP contribution in [0.15, 0.2) is 18.2 Å². The molecule has 0 aromatic heterocycles. The van der Waals surface area contributed by atoms with Crippen molar-refractivity contribution in [2.24, 2.45) is 0 Å². The second-order valence-corrected chi connectivity index (χ2v) is 5.32. The summed E-state index contributed by atoms with van der Waals surface area (Å²) in [5, 5.41) is 4.00. The van der Waals surface area contributed by atoms with Gasteiger partial charge in [0, 0.05) is 12.6 Å². The molecule has 1 aromatic carbocycles. The molecular weight excluding hydrogens is 246 g/mol. The normalized spacial score (nSPS) is 11.2. The summed E-state index contributed by atoms with van der Waals surface area (Å²) in [7, 11) is 2.16. The highest BCUT2D eigenvalue weighted by Crippen LogP contribution is 2.27. The Hall–Kier alpha value is -0.930. The number of halogens is 1. The van der Waals surface area contributed by atoms with E-state index in [-0.39, 0.29) is 0 Å². The number of hydrogen-bond acceptors (Lipinski definition) is 3. The maximum absolute atomic E-state index is 6.08. The van der Waals surface area contributed by atoms with E-state index in [1.165, 1.54) is 6.42 Å². The zero-order valence-electron chi connectivity index (χ0n) is 11.5. The summed E-state index contributed by atoms with van der Waals surface area (Å²) in [6.07, 6.45) is 2.29. The fourth-order valence-corrected chi connectivity index (χ4v) is 1.93. The van der Waals surface area contributed by atoms with E-state index in [2.05, 4.69) is 31.1 Å². The minimum Gasteiger partial charge on any atom is -0.397 e. The van der Waals surface area contributed by atoms with Crippen LogP contribution in [0.3, 0.4) is 0 Å². The van der Waals surface area contributed by atoms with Crippen LogP contribution < -0.4 is 11.1 Å². The maximum Gasteiger partial charge on any atom is 0.0763 e. The third-order valence-electron chi connectivity index (χ3n) is 3.17. The van der Waals surface area contributed by atoms with Crippen LogP contribution in [0.5, 0.6) is 0 Å². The van der Waals surface area contributed by atoms with Crippen LogP contribution in [-0.4, -0.2) is 31.1 Å². The van der Waals surface area contributed by atoms with Crippen molar-refractivity contribution in [3.05, 3.63) is 23.2 Å². The summed E-state index contributed by atoms with van der Waals surface area (Å²) in [5.74, 6) is 0. The summed E-state index contributed by atoms with van der Waals surface area (Å²) < 4.78 is 0. The molecular formula is C14H24ClN3. The number of anilines is 2. The first-order valence-corrected chi connectivity index (χ1v) is 6.88. The molecule has 0 aliphatic carbocycles. The molecule has 102 valence electrons. The van der Waals surface area contributed by atoms with E-state index in [4.69, 9.17) is 17.3 Å². The van der Waals surface area contributed by atoms with Gasteiger partial charge in [0.05, 0.1) is 16.4 Å². The van der Waals surface area contributed by atoms with E-state index in [1.54, 1.807) is 0 Å². The molecule has 0 heterocycles. The largest absolute Gasteiger partial charge is 0.397 e. The first kappa shape index (κ1) is 15.1. The van der Waals surface area contributed by atoms with E-state index >= 15 is 0 Å². The zero-order valence-corrected chi connectivity index (χ0v) is 12.3. The number of nitrogens with zero attached hydrogens (tertiary/aromatic N) is 1. The molecule has 0 amide bonds. The molecule has 0 spiro atoms. The lowest BCUT2D eigenvalue weighted by atomic mass is 10.2. The highest BCUT2D eigenvalue weighted by molar-refractivity contribution is 6.33. The predicted octanol–water partition coefficient (Wildman–Crippen LogP) is 3.45. The molecule has 0 aliphatic rings. The molecule has 0 saturated carbocycles. The molecule has 0 aliphatic heterocycles. The third-order valence-corrected chi connectivity index (χ3v) is 3.48. The van der Waals surface area contributed by atoms with E-state index in [1.807, 2.05) is 18.2 Å². The Balaban J connectivity index is 2.26. The first-order chi connectivity index (χ1) is 8.52. The van der Waals surface area contributed by atoms with Crippen molar-refractivity contribution in [1.82, 2.24) is 4.90 Å². The SMILES string of the molecule is CC(C)N(C)CCCCNc1c(N)cccc1Cl. The van der Waals surface area contributed by atoms with Crippen LogP contribution in [0, 0.1) is 0 Å². The minimum absolute atomic E-state index is 0.608. The van der Waals surface area contributed by atoms with Crippen LogP contribution in [0.2, 0.25) is 5.02 Å². The van der Waals surface area contributed by atoms with Gasteiger partial charge in [-0.05, 0) is 52.4 Å². The second kappa shape index (κ2) is 7.49. The van der Waals surface area contributed by atoms with Crippen molar-refractivity contribution in [3.8, 4) is 0 Å². The van der Waals surface area contributed by atoms with Gasteiger partial charge in [0.1, 0.15) is 0 Å². The Morgan fingerprint density at radius 2 is 2.06 bits per heavy atom. The Bertz CT molecular complexity index is 346.